The molecular formula is C17H21NO. The van der Waals surface area contributed by atoms with Crippen molar-refractivity contribution in [2.45, 2.75) is 25.9 Å². The molecule has 0 radical (unpaired) electrons. The van der Waals surface area contributed by atoms with E-state index in [1.54, 1.807) is 0 Å². The van der Waals surface area contributed by atoms with Gasteiger partial charge in [0.25, 0.3) is 0 Å². The molecule has 2 nitrogen and oxygen atoms in total. The maximum Gasteiger partial charge on any atom is 0.120 e. The second kappa shape index (κ2) is 5.89. The van der Waals surface area contributed by atoms with E-state index in [4.69, 9.17) is 10.5 Å². The van der Waals surface area contributed by atoms with Crippen molar-refractivity contribution in [2.24, 2.45) is 5.73 Å². The SMILES string of the molecule is CC(C)(CCN)Oc1ccc(-c2ccccc2)cc1. The van der Waals surface area contributed by atoms with Crippen molar-refractivity contribution in [1.82, 2.24) is 0 Å². The van der Waals surface area contributed by atoms with Crippen LogP contribution in [0.2, 0.25) is 0 Å². The minimum Gasteiger partial charge on any atom is -0.488 e. The Balaban J connectivity index is 2.11. The monoisotopic (exact) mass is 255 g/mol. The first kappa shape index (κ1) is 13.6. The van der Waals surface area contributed by atoms with Gasteiger partial charge in [-0.05, 0) is 50.1 Å². The highest BCUT2D eigenvalue weighted by Crippen LogP contribution is 2.25. The summed E-state index contributed by atoms with van der Waals surface area (Å²) in [4.78, 5) is 0. The second-order valence-electron chi connectivity index (χ2n) is 5.29. The lowest BCUT2D eigenvalue weighted by Gasteiger charge is -2.26. The molecule has 19 heavy (non-hydrogen) atoms. The number of benzene rings is 2. The molecule has 0 spiro atoms. The van der Waals surface area contributed by atoms with Gasteiger partial charge in [-0.15, -0.1) is 0 Å². The van der Waals surface area contributed by atoms with Crippen LogP contribution in [0.5, 0.6) is 5.75 Å². The maximum atomic E-state index is 5.95. The molecule has 0 unspecified atom stereocenters. The fourth-order valence-electron chi connectivity index (χ4n) is 2.06. The minimum atomic E-state index is -0.219. The lowest BCUT2D eigenvalue weighted by molar-refractivity contribution is 0.102. The molecule has 0 bridgehead atoms. The van der Waals surface area contributed by atoms with Gasteiger partial charge in [-0.3, -0.25) is 0 Å². The van der Waals surface area contributed by atoms with Gasteiger partial charge < -0.3 is 10.5 Å². The van der Waals surface area contributed by atoms with Crippen molar-refractivity contribution in [3.8, 4) is 16.9 Å². The van der Waals surface area contributed by atoms with Gasteiger partial charge in [-0.25, -0.2) is 0 Å². The highest BCUT2D eigenvalue weighted by Gasteiger charge is 2.18. The molecule has 100 valence electrons. The summed E-state index contributed by atoms with van der Waals surface area (Å²) in [5.74, 6) is 0.887. The molecule has 0 aromatic heterocycles. The Kier molecular flexibility index (Phi) is 4.23. The van der Waals surface area contributed by atoms with Gasteiger partial charge in [0.05, 0.1) is 0 Å². The zero-order chi connectivity index (χ0) is 13.7. The van der Waals surface area contributed by atoms with Crippen LogP contribution in [-0.4, -0.2) is 12.1 Å². The highest BCUT2D eigenvalue weighted by atomic mass is 16.5. The van der Waals surface area contributed by atoms with Crippen molar-refractivity contribution < 1.29 is 4.74 Å². The average molecular weight is 255 g/mol. The van der Waals surface area contributed by atoms with E-state index >= 15 is 0 Å². The quantitative estimate of drug-likeness (QED) is 0.880. The third-order valence-electron chi connectivity index (χ3n) is 3.10. The summed E-state index contributed by atoms with van der Waals surface area (Å²) in [5.41, 5.74) is 7.79. The van der Waals surface area contributed by atoms with Crippen LogP contribution in [0.1, 0.15) is 20.3 Å². The van der Waals surface area contributed by atoms with E-state index < -0.39 is 0 Å². The fraction of sp³-hybridized carbons (Fsp3) is 0.294. The summed E-state index contributed by atoms with van der Waals surface area (Å²) in [6.45, 7) is 4.75. The first-order chi connectivity index (χ1) is 9.11. The van der Waals surface area contributed by atoms with Gasteiger partial charge in [0.15, 0.2) is 0 Å². The number of hydrogen-bond acceptors (Lipinski definition) is 2. The predicted molar refractivity (Wildman–Crippen MR) is 80.3 cm³/mol. The third kappa shape index (κ3) is 3.83. The molecule has 2 rings (SSSR count). The number of ether oxygens (including phenoxy) is 1. The lowest BCUT2D eigenvalue weighted by atomic mass is 10.0. The Morgan fingerprint density at radius 2 is 1.47 bits per heavy atom. The van der Waals surface area contributed by atoms with Crippen molar-refractivity contribution >= 4 is 0 Å². The Morgan fingerprint density at radius 3 is 2.05 bits per heavy atom. The largest absolute Gasteiger partial charge is 0.488 e. The number of nitrogens with two attached hydrogens (primary N) is 1. The van der Waals surface area contributed by atoms with Gasteiger partial charge in [0.2, 0.25) is 0 Å². The first-order valence-corrected chi connectivity index (χ1v) is 6.65. The smallest absolute Gasteiger partial charge is 0.120 e. The normalized spacial score (nSPS) is 11.3. The highest BCUT2D eigenvalue weighted by molar-refractivity contribution is 5.63. The Hall–Kier alpha value is -1.80. The van der Waals surface area contributed by atoms with Gasteiger partial charge in [0.1, 0.15) is 11.4 Å². The van der Waals surface area contributed by atoms with Crippen molar-refractivity contribution in [3.63, 3.8) is 0 Å². The van der Waals surface area contributed by atoms with Crippen LogP contribution in [0.4, 0.5) is 0 Å². The molecule has 0 aliphatic carbocycles. The van der Waals surface area contributed by atoms with Gasteiger partial charge >= 0.3 is 0 Å². The molecule has 0 fully saturated rings. The zero-order valence-corrected chi connectivity index (χ0v) is 11.6. The van der Waals surface area contributed by atoms with E-state index in [0.717, 1.165) is 12.2 Å². The molecular weight excluding hydrogens is 234 g/mol. The summed E-state index contributed by atoms with van der Waals surface area (Å²) < 4.78 is 5.95. The van der Waals surface area contributed by atoms with Crippen molar-refractivity contribution in [2.75, 3.05) is 6.54 Å². The average Bonchev–Trinajstić information content (AvgIpc) is 2.40. The van der Waals surface area contributed by atoms with Crippen LogP contribution < -0.4 is 10.5 Å². The molecule has 0 heterocycles. The molecule has 0 amide bonds. The molecule has 2 heteroatoms. The van der Waals surface area contributed by atoms with Gasteiger partial charge in [0, 0.05) is 0 Å². The molecule has 0 saturated heterocycles. The lowest BCUT2D eigenvalue weighted by Crippen LogP contribution is -2.31. The van der Waals surface area contributed by atoms with Gasteiger partial charge in [-0.1, -0.05) is 42.5 Å². The standard InChI is InChI=1S/C17H21NO/c1-17(2,12-13-18)19-16-10-8-15(9-11-16)14-6-4-3-5-7-14/h3-11H,12-13,18H2,1-2H3. The van der Waals surface area contributed by atoms with E-state index in [9.17, 15) is 0 Å². The number of rotatable bonds is 5. The molecule has 0 saturated carbocycles. The summed E-state index contributed by atoms with van der Waals surface area (Å²) in [6, 6.07) is 18.5. The van der Waals surface area contributed by atoms with Crippen LogP contribution in [0, 0.1) is 0 Å². The summed E-state index contributed by atoms with van der Waals surface area (Å²) in [7, 11) is 0. The summed E-state index contributed by atoms with van der Waals surface area (Å²) in [6.07, 6.45) is 0.841. The van der Waals surface area contributed by atoms with Crippen LogP contribution in [0.3, 0.4) is 0 Å². The Bertz CT molecular complexity index is 503. The minimum absolute atomic E-state index is 0.219. The number of hydrogen-bond donors (Lipinski definition) is 1. The predicted octanol–water partition coefficient (Wildman–Crippen LogP) is 3.86. The van der Waals surface area contributed by atoms with E-state index in [1.165, 1.54) is 11.1 Å². The molecule has 2 N–H and O–H groups in total. The molecule has 2 aromatic carbocycles. The van der Waals surface area contributed by atoms with E-state index in [1.807, 2.05) is 30.3 Å². The molecule has 2 aromatic rings. The molecule has 0 atom stereocenters. The molecule has 0 aliphatic rings. The topological polar surface area (TPSA) is 35.2 Å². The van der Waals surface area contributed by atoms with Gasteiger partial charge in [-0.2, -0.15) is 0 Å². The Labute approximate surface area is 115 Å². The fourth-order valence-corrected chi connectivity index (χ4v) is 2.06. The van der Waals surface area contributed by atoms with Crippen molar-refractivity contribution in [1.29, 1.82) is 0 Å². The van der Waals surface area contributed by atoms with Crippen LogP contribution in [0.15, 0.2) is 54.6 Å². The van der Waals surface area contributed by atoms with Crippen LogP contribution >= 0.6 is 0 Å². The van der Waals surface area contributed by atoms with Crippen LogP contribution in [0.25, 0.3) is 11.1 Å². The maximum absolute atomic E-state index is 5.95. The van der Waals surface area contributed by atoms with Crippen LogP contribution in [-0.2, 0) is 0 Å². The van der Waals surface area contributed by atoms with E-state index in [-0.39, 0.29) is 5.60 Å². The Morgan fingerprint density at radius 1 is 0.895 bits per heavy atom. The first-order valence-electron chi connectivity index (χ1n) is 6.65. The van der Waals surface area contributed by atoms with Crippen molar-refractivity contribution in [3.05, 3.63) is 54.6 Å². The second-order valence-corrected chi connectivity index (χ2v) is 5.29. The summed E-state index contributed by atoms with van der Waals surface area (Å²) >= 11 is 0. The summed E-state index contributed by atoms with van der Waals surface area (Å²) in [5, 5.41) is 0. The van der Waals surface area contributed by atoms with E-state index in [2.05, 4.69) is 38.1 Å². The third-order valence-corrected chi connectivity index (χ3v) is 3.10. The zero-order valence-electron chi connectivity index (χ0n) is 11.6. The van der Waals surface area contributed by atoms with E-state index in [0.29, 0.717) is 6.54 Å². The molecule has 0 aliphatic heterocycles.